The molecule has 112 valence electrons. The van der Waals surface area contributed by atoms with Crippen LogP contribution in [0.15, 0.2) is 36.4 Å². The van der Waals surface area contributed by atoms with E-state index in [1.165, 1.54) is 12.1 Å². The molecule has 0 saturated heterocycles. The number of halogens is 3. The monoisotopic (exact) mass is 293 g/mol. The van der Waals surface area contributed by atoms with Crippen LogP contribution in [-0.2, 0) is 6.42 Å². The highest BCUT2D eigenvalue weighted by Gasteiger charge is 2.15. The second kappa shape index (κ2) is 6.76. The van der Waals surface area contributed by atoms with Crippen LogP contribution in [0.5, 0.6) is 0 Å². The van der Waals surface area contributed by atoms with Gasteiger partial charge in [0.2, 0.25) is 0 Å². The molecule has 0 radical (unpaired) electrons. The zero-order valence-corrected chi connectivity index (χ0v) is 12.1. The van der Waals surface area contributed by atoms with E-state index in [0.29, 0.717) is 24.1 Å². The Hall–Kier alpha value is -1.81. The third-order valence-electron chi connectivity index (χ3n) is 3.47. The molecule has 1 atom stereocenters. The van der Waals surface area contributed by atoms with Gasteiger partial charge in [-0.25, -0.2) is 13.2 Å². The van der Waals surface area contributed by atoms with Crippen LogP contribution in [0, 0.1) is 24.4 Å². The molecular weight excluding hydrogens is 275 g/mol. The van der Waals surface area contributed by atoms with Crippen LogP contribution in [0.25, 0.3) is 0 Å². The summed E-state index contributed by atoms with van der Waals surface area (Å²) in [4.78, 5) is 0. The minimum Gasteiger partial charge on any atom is -0.310 e. The lowest BCUT2D eigenvalue weighted by molar-refractivity contribution is 0.520. The van der Waals surface area contributed by atoms with Crippen molar-refractivity contribution in [1.82, 2.24) is 5.32 Å². The number of likely N-dealkylation sites (N-methyl/N-ethyl adjacent to an activating group) is 1. The first-order valence-electron chi connectivity index (χ1n) is 6.94. The lowest BCUT2D eigenvalue weighted by Gasteiger charge is -2.19. The number of nitrogens with one attached hydrogen (secondary N) is 1. The average molecular weight is 293 g/mol. The lowest BCUT2D eigenvalue weighted by Crippen LogP contribution is -2.23. The lowest BCUT2D eigenvalue weighted by atomic mass is 9.97. The van der Waals surface area contributed by atoms with Crippen molar-refractivity contribution >= 4 is 0 Å². The van der Waals surface area contributed by atoms with Gasteiger partial charge in [-0.2, -0.15) is 0 Å². The molecular formula is C17H18F3N. The van der Waals surface area contributed by atoms with E-state index in [4.69, 9.17) is 0 Å². The topological polar surface area (TPSA) is 12.0 Å². The van der Waals surface area contributed by atoms with Gasteiger partial charge in [0.25, 0.3) is 0 Å². The predicted molar refractivity (Wildman–Crippen MR) is 77.6 cm³/mol. The maximum Gasteiger partial charge on any atom is 0.126 e. The van der Waals surface area contributed by atoms with E-state index in [1.54, 1.807) is 19.1 Å². The quantitative estimate of drug-likeness (QED) is 0.866. The van der Waals surface area contributed by atoms with E-state index in [2.05, 4.69) is 5.32 Å². The van der Waals surface area contributed by atoms with Gasteiger partial charge in [-0.15, -0.1) is 0 Å². The summed E-state index contributed by atoms with van der Waals surface area (Å²) < 4.78 is 40.4. The van der Waals surface area contributed by atoms with Gasteiger partial charge in [0.05, 0.1) is 0 Å². The second-order valence-corrected chi connectivity index (χ2v) is 5.06. The summed E-state index contributed by atoms with van der Waals surface area (Å²) in [5, 5.41) is 3.23. The molecule has 0 bridgehead atoms. The number of rotatable bonds is 5. The van der Waals surface area contributed by atoms with Crippen molar-refractivity contribution in [2.75, 3.05) is 6.54 Å². The van der Waals surface area contributed by atoms with Gasteiger partial charge in [-0.3, -0.25) is 0 Å². The molecule has 1 nitrogen and oxygen atoms in total. The fourth-order valence-corrected chi connectivity index (χ4v) is 2.36. The predicted octanol–water partition coefficient (Wildman–Crippen LogP) is 4.31. The highest BCUT2D eigenvalue weighted by molar-refractivity contribution is 5.29. The molecule has 2 aromatic rings. The van der Waals surface area contributed by atoms with Crippen LogP contribution in [-0.4, -0.2) is 6.54 Å². The molecule has 0 aliphatic rings. The molecule has 0 aliphatic heterocycles. The van der Waals surface area contributed by atoms with Crippen molar-refractivity contribution in [1.29, 1.82) is 0 Å². The van der Waals surface area contributed by atoms with Gasteiger partial charge in [0, 0.05) is 6.04 Å². The maximum absolute atomic E-state index is 13.8. The Morgan fingerprint density at radius 2 is 1.71 bits per heavy atom. The maximum atomic E-state index is 13.8. The minimum absolute atomic E-state index is 0.189. The van der Waals surface area contributed by atoms with Crippen LogP contribution in [0.4, 0.5) is 13.2 Å². The Morgan fingerprint density at radius 1 is 1.00 bits per heavy atom. The van der Waals surface area contributed by atoms with Crippen LogP contribution < -0.4 is 5.32 Å². The minimum atomic E-state index is -0.461. The third-order valence-corrected chi connectivity index (χ3v) is 3.47. The summed E-state index contributed by atoms with van der Waals surface area (Å²) in [7, 11) is 0. The summed E-state index contributed by atoms with van der Waals surface area (Å²) in [5.74, 6) is -1.17. The van der Waals surface area contributed by atoms with Gasteiger partial charge in [-0.1, -0.05) is 19.1 Å². The first-order valence-corrected chi connectivity index (χ1v) is 6.94. The molecule has 2 aromatic carbocycles. The Bertz CT molecular complexity index is 625. The van der Waals surface area contributed by atoms with Crippen LogP contribution in [0.1, 0.15) is 29.7 Å². The summed E-state index contributed by atoms with van der Waals surface area (Å²) in [5.41, 5.74) is 1.71. The summed E-state index contributed by atoms with van der Waals surface area (Å²) in [6.07, 6.45) is 0.308. The van der Waals surface area contributed by atoms with E-state index < -0.39 is 11.6 Å². The molecule has 1 N–H and O–H groups in total. The van der Waals surface area contributed by atoms with Crippen molar-refractivity contribution in [2.24, 2.45) is 0 Å². The molecule has 0 aliphatic carbocycles. The van der Waals surface area contributed by atoms with Crippen molar-refractivity contribution in [2.45, 2.75) is 26.3 Å². The Labute approximate surface area is 122 Å². The van der Waals surface area contributed by atoms with Gasteiger partial charge < -0.3 is 5.32 Å². The fourth-order valence-electron chi connectivity index (χ4n) is 2.36. The van der Waals surface area contributed by atoms with Crippen LogP contribution in [0.3, 0.4) is 0 Å². The number of benzene rings is 2. The Kier molecular flexibility index (Phi) is 5.02. The molecule has 4 heteroatoms. The molecule has 2 rings (SSSR count). The molecule has 0 aromatic heterocycles. The van der Waals surface area contributed by atoms with E-state index in [0.717, 1.165) is 17.7 Å². The highest BCUT2D eigenvalue weighted by atomic mass is 19.1. The van der Waals surface area contributed by atoms with E-state index in [-0.39, 0.29) is 11.9 Å². The normalized spacial score (nSPS) is 12.4. The fraction of sp³-hybridized carbons (Fsp3) is 0.294. The summed E-state index contributed by atoms with van der Waals surface area (Å²) in [6, 6.07) is 8.05. The SMILES string of the molecule is CCNC(Cc1cc(F)ccc1F)c1ccc(F)c(C)c1. The van der Waals surface area contributed by atoms with Gasteiger partial charge >= 0.3 is 0 Å². The summed E-state index contributed by atoms with van der Waals surface area (Å²) in [6.45, 7) is 4.30. The van der Waals surface area contributed by atoms with Crippen molar-refractivity contribution < 1.29 is 13.2 Å². The standard InChI is InChI=1S/C17H18F3N/c1-3-21-17(12-4-6-15(19)11(2)8-12)10-13-9-14(18)5-7-16(13)20/h4-9,17,21H,3,10H2,1-2H3. The zero-order chi connectivity index (χ0) is 15.4. The molecule has 0 saturated carbocycles. The summed E-state index contributed by atoms with van der Waals surface area (Å²) >= 11 is 0. The van der Waals surface area contributed by atoms with Gasteiger partial charge in [-0.05, 0) is 60.8 Å². The number of aryl methyl sites for hydroxylation is 1. The molecule has 0 spiro atoms. The van der Waals surface area contributed by atoms with Crippen molar-refractivity contribution in [3.63, 3.8) is 0 Å². The third kappa shape index (κ3) is 3.85. The van der Waals surface area contributed by atoms with Crippen LogP contribution >= 0.6 is 0 Å². The number of hydrogen-bond acceptors (Lipinski definition) is 1. The Morgan fingerprint density at radius 3 is 2.38 bits per heavy atom. The van der Waals surface area contributed by atoms with Gasteiger partial charge in [0.1, 0.15) is 17.5 Å². The smallest absolute Gasteiger partial charge is 0.126 e. The van der Waals surface area contributed by atoms with Gasteiger partial charge in [0.15, 0.2) is 0 Å². The second-order valence-electron chi connectivity index (χ2n) is 5.06. The molecule has 0 heterocycles. The molecule has 21 heavy (non-hydrogen) atoms. The van der Waals surface area contributed by atoms with E-state index in [9.17, 15) is 13.2 Å². The van der Waals surface area contributed by atoms with Crippen LogP contribution in [0.2, 0.25) is 0 Å². The van der Waals surface area contributed by atoms with E-state index in [1.807, 2.05) is 6.92 Å². The first kappa shape index (κ1) is 15.6. The first-order chi connectivity index (χ1) is 10.0. The number of hydrogen-bond donors (Lipinski definition) is 1. The average Bonchev–Trinajstić information content (AvgIpc) is 2.45. The Balaban J connectivity index is 2.30. The highest BCUT2D eigenvalue weighted by Crippen LogP contribution is 2.22. The molecule has 0 amide bonds. The van der Waals surface area contributed by atoms with Crippen molar-refractivity contribution in [3.05, 3.63) is 70.5 Å². The van der Waals surface area contributed by atoms with Crippen molar-refractivity contribution in [3.8, 4) is 0 Å². The molecule has 1 unspecified atom stereocenters. The zero-order valence-electron chi connectivity index (χ0n) is 12.1. The van der Waals surface area contributed by atoms with E-state index >= 15 is 0 Å². The molecule has 0 fully saturated rings. The largest absolute Gasteiger partial charge is 0.310 e.